The lowest BCUT2D eigenvalue weighted by Gasteiger charge is -2.26. The molecule has 0 aliphatic rings. The van der Waals surface area contributed by atoms with E-state index in [1.807, 2.05) is 0 Å². The van der Waals surface area contributed by atoms with Gasteiger partial charge in [0.1, 0.15) is 5.75 Å². The minimum atomic E-state index is 0.387. The third-order valence-corrected chi connectivity index (χ3v) is 8.28. The number of aryl methyl sites for hydroxylation is 4. The molecule has 0 heterocycles. The summed E-state index contributed by atoms with van der Waals surface area (Å²) in [6.45, 7) is 24.9. The van der Waals surface area contributed by atoms with Gasteiger partial charge in [-0.3, -0.25) is 0 Å². The summed E-state index contributed by atoms with van der Waals surface area (Å²) in [4.78, 5) is 0. The van der Waals surface area contributed by atoms with Crippen molar-refractivity contribution in [3.8, 4) is 16.9 Å². The molecule has 2 heteroatoms. The first-order valence-electron chi connectivity index (χ1n) is 12.6. The van der Waals surface area contributed by atoms with E-state index in [0.717, 1.165) is 11.9 Å². The highest BCUT2D eigenvalue weighted by atomic mass is 31.1. The number of hydrogen-bond donors (Lipinski definition) is 0. The Bertz CT molecular complexity index is 1200. The van der Waals surface area contributed by atoms with Crippen LogP contribution < -0.4 is 4.52 Å². The maximum atomic E-state index is 6.79. The van der Waals surface area contributed by atoms with E-state index in [1.54, 1.807) is 0 Å². The first-order valence-corrected chi connectivity index (χ1v) is 13.8. The molecule has 0 aromatic heterocycles. The Balaban J connectivity index is 2.18. The molecule has 1 atom stereocenters. The van der Waals surface area contributed by atoms with Crippen LogP contribution in [0.5, 0.6) is 5.75 Å². The molecule has 3 aromatic rings. The fourth-order valence-corrected chi connectivity index (χ4v) is 6.02. The third kappa shape index (κ3) is 5.26. The summed E-state index contributed by atoms with van der Waals surface area (Å²) >= 11 is 0. The lowest BCUT2D eigenvalue weighted by Crippen LogP contribution is -2.05. The van der Waals surface area contributed by atoms with Gasteiger partial charge in [0, 0.05) is 11.7 Å². The third-order valence-electron chi connectivity index (χ3n) is 7.40. The molecule has 0 radical (unpaired) electrons. The molecule has 0 bridgehead atoms. The normalized spacial score (nSPS) is 11.9. The Morgan fingerprint density at radius 1 is 0.647 bits per heavy atom. The van der Waals surface area contributed by atoms with Crippen LogP contribution in [0.15, 0.2) is 30.3 Å². The summed E-state index contributed by atoms with van der Waals surface area (Å²) in [5.41, 5.74) is 16.3. The molecular weight excluding hydrogens is 431 g/mol. The van der Waals surface area contributed by atoms with Crippen molar-refractivity contribution in [3.63, 3.8) is 0 Å². The van der Waals surface area contributed by atoms with Crippen LogP contribution in [0.4, 0.5) is 0 Å². The average molecular weight is 475 g/mol. The molecule has 34 heavy (non-hydrogen) atoms. The zero-order chi connectivity index (χ0) is 25.3. The van der Waals surface area contributed by atoms with E-state index in [0.29, 0.717) is 20.6 Å². The van der Waals surface area contributed by atoms with Gasteiger partial charge in [-0.1, -0.05) is 63.6 Å². The van der Waals surface area contributed by atoms with Crippen molar-refractivity contribution in [2.24, 2.45) is 0 Å². The Morgan fingerprint density at radius 2 is 1.21 bits per heavy atom. The van der Waals surface area contributed by atoms with Crippen LogP contribution in [-0.2, 0) is 6.16 Å². The molecule has 0 spiro atoms. The molecule has 0 aliphatic carbocycles. The molecule has 1 unspecified atom stereocenters. The zero-order valence-corrected chi connectivity index (χ0v) is 24.2. The van der Waals surface area contributed by atoms with Crippen molar-refractivity contribution < 1.29 is 4.52 Å². The molecule has 3 rings (SSSR count). The molecule has 3 aromatic carbocycles. The van der Waals surface area contributed by atoms with Gasteiger partial charge >= 0.3 is 0 Å². The lowest BCUT2D eigenvalue weighted by atomic mass is 9.81. The Morgan fingerprint density at radius 3 is 1.76 bits per heavy atom. The largest absolute Gasteiger partial charge is 0.476 e. The second kappa shape index (κ2) is 10.7. The Hall–Kier alpha value is -2.11. The lowest BCUT2D eigenvalue weighted by molar-refractivity contribution is 0.611. The minimum Gasteiger partial charge on any atom is -0.476 e. The Kier molecular flexibility index (Phi) is 8.30. The van der Waals surface area contributed by atoms with Gasteiger partial charge in [0.2, 0.25) is 0 Å². The van der Waals surface area contributed by atoms with Crippen LogP contribution in [0.1, 0.15) is 95.2 Å². The molecule has 0 N–H and O–H groups in total. The van der Waals surface area contributed by atoms with Gasteiger partial charge < -0.3 is 4.52 Å². The number of hydrogen-bond acceptors (Lipinski definition) is 1. The fraction of sp³-hybridized carbons (Fsp3) is 0.438. The minimum absolute atomic E-state index is 0.387. The molecule has 0 saturated heterocycles. The smallest absolute Gasteiger partial charge is 0.134 e. The van der Waals surface area contributed by atoms with E-state index >= 15 is 0 Å². The van der Waals surface area contributed by atoms with Gasteiger partial charge in [-0.25, -0.2) is 0 Å². The van der Waals surface area contributed by atoms with Gasteiger partial charge in [-0.15, -0.1) is 0 Å². The van der Waals surface area contributed by atoms with Crippen molar-refractivity contribution in [1.82, 2.24) is 0 Å². The summed E-state index contributed by atoms with van der Waals surface area (Å²) in [7, 11) is 0.387. The first kappa shape index (κ1) is 26.5. The highest BCUT2D eigenvalue weighted by molar-refractivity contribution is 7.31. The highest BCUT2D eigenvalue weighted by Gasteiger charge is 2.24. The first-order chi connectivity index (χ1) is 15.9. The van der Waals surface area contributed by atoms with Gasteiger partial charge in [0.25, 0.3) is 0 Å². The van der Waals surface area contributed by atoms with Crippen LogP contribution in [0, 0.1) is 48.5 Å². The van der Waals surface area contributed by atoms with Crippen LogP contribution >= 0.6 is 8.81 Å². The second-order valence-corrected chi connectivity index (χ2v) is 11.5. The summed E-state index contributed by atoms with van der Waals surface area (Å²) in [6.07, 6.45) is 0.943. The molecule has 0 amide bonds. The second-order valence-electron chi connectivity index (χ2n) is 10.7. The maximum absolute atomic E-state index is 6.79. The van der Waals surface area contributed by atoms with E-state index in [2.05, 4.69) is 106 Å². The van der Waals surface area contributed by atoms with Crippen LogP contribution in [-0.4, -0.2) is 0 Å². The average Bonchev–Trinajstić information content (AvgIpc) is 2.75. The van der Waals surface area contributed by atoms with Crippen molar-refractivity contribution in [2.45, 2.75) is 94.2 Å². The fourth-order valence-electron chi connectivity index (χ4n) is 5.04. The predicted molar refractivity (Wildman–Crippen MR) is 152 cm³/mol. The summed E-state index contributed by atoms with van der Waals surface area (Å²) in [5.74, 6) is 1.98. The summed E-state index contributed by atoms with van der Waals surface area (Å²) in [5, 5.41) is 0. The topological polar surface area (TPSA) is 9.23 Å². The van der Waals surface area contributed by atoms with E-state index in [1.165, 1.54) is 66.8 Å². The standard InChI is InChI=1S/C32H43OP/c1-18(2)28-15-21(6)24(9)30(26(28)11)31-25(10)22(7)16-29(19(3)4)32(31)33-34-17-27-13-12-20(5)14-23(27)8/h12-16,18-19,34H,17H2,1-11H3. The molecule has 0 saturated carbocycles. The van der Waals surface area contributed by atoms with E-state index in [4.69, 9.17) is 4.52 Å². The molecule has 0 aliphatic heterocycles. The van der Waals surface area contributed by atoms with Crippen molar-refractivity contribution in [3.05, 3.63) is 86.0 Å². The highest BCUT2D eigenvalue weighted by Crippen LogP contribution is 2.47. The summed E-state index contributed by atoms with van der Waals surface area (Å²) < 4.78 is 6.79. The Labute approximate surface area is 210 Å². The van der Waals surface area contributed by atoms with Crippen LogP contribution in [0.3, 0.4) is 0 Å². The van der Waals surface area contributed by atoms with Crippen molar-refractivity contribution in [1.29, 1.82) is 0 Å². The van der Waals surface area contributed by atoms with Gasteiger partial charge in [0.05, 0.1) is 8.81 Å². The van der Waals surface area contributed by atoms with Crippen molar-refractivity contribution >= 4 is 8.81 Å². The molecule has 1 nitrogen and oxygen atoms in total. The monoisotopic (exact) mass is 474 g/mol. The van der Waals surface area contributed by atoms with Gasteiger partial charge in [-0.2, -0.15) is 0 Å². The maximum Gasteiger partial charge on any atom is 0.134 e. The van der Waals surface area contributed by atoms with Gasteiger partial charge in [-0.05, 0) is 116 Å². The molecule has 0 fully saturated rings. The van der Waals surface area contributed by atoms with Crippen LogP contribution in [0.25, 0.3) is 11.1 Å². The van der Waals surface area contributed by atoms with Gasteiger partial charge in [0.15, 0.2) is 0 Å². The van der Waals surface area contributed by atoms with E-state index in [-0.39, 0.29) is 0 Å². The van der Waals surface area contributed by atoms with E-state index in [9.17, 15) is 0 Å². The van der Waals surface area contributed by atoms with Crippen molar-refractivity contribution in [2.75, 3.05) is 0 Å². The zero-order valence-electron chi connectivity index (χ0n) is 23.2. The van der Waals surface area contributed by atoms with E-state index < -0.39 is 0 Å². The predicted octanol–water partition coefficient (Wildman–Crippen LogP) is 9.93. The summed E-state index contributed by atoms with van der Waals surface area (Å²) in [6, 6.07) is 11.5. The SMILES string of the molecule is Cc1ccc(CPOc2c(C(C)C)cc(C)c(C)c2-c2c(C)c(C)cc(C(C)C)c2C)c(C)c1. The molecular formula is C32H43OP. The quantitative estimate of drug-likeness (QED) is 0.310. The van der Waals surface area contributed by atoms with Crippen LogP contribution in [0.2, 0.25) is 0 Å². The number of rotatable bonds is 7. The molecule has 182 valence electrons. The number of benzene rings is 3.